The Kier molecular flexibility index (Phi) is 5.09. The highest BCUT2D eigenvalue weighted by Crippen LogP contribution is 2.32. The number of carbonyl (C=O) groups excluding carboxylic acids is 1. The van der Waals surface area contributed by atoms with Gasteiger partial charge in [-0.25, -0.2) is 0 Å². The second-order valence-corrected chi connectivity index (χ2v) is 7.72. The van der Waals surface area contributed by atoms with Crippen molar-refractivity contribution < 1.29 is 18.0 Å². The van der Waals surface area contributed by atoms with Gasteiger partial charge < -0.3 is 4.57 Å². The quantitative estimate of drug-likeness (QED) is 0.817. The van der Waals surface area contributed by atoms with Crippen molar-refractivity contribution in [1.29, 1.82) is 0 Å². The highest BCUT2D eigenvalue weighted by Gasteiger charge is 2.32. The maximum Gasteiger partial charge on any atom is 0.416 e. The van der Waals surface area contributed by atoms with Crippen molar-refractivity contribution in [3.63, 3.8) is 0 Å². The van der Waals surface area contributed by atoms with Gasteiger partial charge in [0.1, 0.15) is 4.66 Å². The summed E-state index contributed by atoms with van der Waals surface area (Å²) in [5, 5.41) is 0. The molecule has 0 amide bonds. The molecule has 7 heteroatoms. The second-order valence-electron chi connectivity index (χ2n) is 6.66. The van der Waals surface area contributed by atoms with E-state index in [0.29, 0.717) is 4.66 Å². The maximum atomic E-state index is 13.1. The van der Waals surface area contributed by atoms with E-state index < -0.39 is 22.7 Å². The molecule has 0 radical (unpaired) electrons. The molecule has 2 rings (SSSR count). The standard InChI is InChI=1S/C18H18F3NO2S/c1-17(2,3)14(23)10-15-22(4)16(24)13(25-15)9-11-7-5-6-8-12(11)18(19,20)21/h5-10H,1-4H3. The summed E-state index contributed by atoms with van der Waals surface area (Å²) in [7, 11) is 1.49. The van der Waals surface area contributed by atoms with Crippen LogP contribution in [0.5, 0.6) is 0 Å². The molecule has 3 nitrogen and oxygen atoms in total. The Hall–Kier alpha value is -2.15. The van der Waals surface area contributed by atoms with Gasteiger partial charge in [0.15, 0.2) is 5.78 Å². The number of rotatable bonds is 2. The Balaban J connectivity index is 2.67. The molecule has 0 aliphatic heterocycles. The minimum absolute atomic E-state index is 0.0809. The van der Waals surface area contributed by atoms with Gasteiger partial charge in [-0.05, 0) is 17.7 Å². The molecule has 0 unspecified atom stereocenters. The van der Waals surface area contributed by atoms with Crippen LogP contribution in [0.1, 0.15) is 31.9 Å². The van der Waals surface area contributed by atoms with Crippen molar-refractivity contribution in [2.45, 2.75) is 26.9 Å². The van der Waals surface area contributed by atoms with Crippen LogP contribution in [-0.4, -0.2) is 10.4 Å². The smallest absolute Gasteiger partial charge is 0.302 e. The molecule has 25 heavy (non-hydrogen) atoms. The maximum absolute atomic E-state index is 13.1. The number of halogens is 3. The van der Waals surface area contributed by atoms with Gasteiger partial charge in [-0.15, -0.1) is 11.3 Å². The lowest BCUT2D eigenvalue weighted by Gasteiger charge is -2.12. The van der Waals surface area contributed by atoms with Gasteiger partial charge >= 0.3 is 6.18 Å². The van der Waals surface area contributed by atoms with Crippen LogP contribution in [0, 0.1) is 5.41 Å². The Morgan fingerprint density at radius 1 is 1.16 bits per heavy atom. The zero-order chi connectivity index (χ0) is 19.0. The summed E-state index contributed by atoms with van der Waals surface area (Å²) in [6.45, 7) is 5.26. The van der Waals surface area contributed by atoms with E-state index in [2.05, 4.69) is 0 Å². The van der Waals surface area contributed by atoms with E-state index >= 15 is 0 Å². The van der Waals surface area contributed by atoms with Crippen molar-refractivity contribution in [1.82, 2.24) is 4.57 Å². The number of nitrogens with zero attached hydrogens (tertiary/aromatic N) is 1. The molecule has 0 aliphatic rings. The normalized spacial score (nSPS) is 14.2. The highest BCUT2D eigenvalue weighted by molar-refractivity contribution is 7.07. The first-order chi connectivity index (χ1) is 11.4. The average molecular weight is 369 g/mol. The summed E-state index contributed by atoms with van der Waals surface area (Å²) in [4.78, 5) is 24.4. The SMILES string of the molecule is Cn1c(=CC(=O)C(C)(C)C)sc(=Cc2ccccc2C(F)(F)F)c1=O. The lowest BCUT2D eigenvalue weighted by Crippen LogP contribution is -2.30. The minimum Gasteiger partial charge on any atom is -0.302 e. The number of benzene rings is 1. The third-order valence-corrected chi connectivity index (χ3v) is 4.72. The molecule has 0 bridgehead atoms. The first kappa shape index (κ1) is 19.2. The van der Waals surface area contributed by atoms with E-state index in [1.54, 1.807) is 20.8 Å². The molecule has 1 aromatic carbocycles. The number of hydrogen-bond donors (Lipinski definition) is 0. The number of Topliss-reactive ketones (excluding diaryl/α,β-unsaturated/α-hetero) is 1. The highest BCUT2D eigenvalue weighted by atomic mass is 32.1. The second kappa shape index (κ2) is 6.63. The lowest BCUT2D eigenvalue weighted by molar-refractivity contribution is -0.137. The minimum atomic E-state index is -4.51. The summed E-state index contributed by atoms with van der Waals surface area (Å²) >= 11 is 0.996. The fourth-order valence-corrected chi connectivity index (χ4v) is 3.08. The number of ketones is 1. The first-order valence-corrected chi connectivity index (χ1v) is 8.33. The van der Waals surface area contributed by atoms with Gasteiger partial charge in [0.2, 0.25) is 0 Å². The zero-order valence-corrected chi connectivity index (χ0v) is 15.1. The third kappa shape index (κ3) is 4.28. The Labute approximate surface area is 146 Å². The van der Waals surface area contributed by atoms with Gasteiger partial charge in [0.25, 0.3) is 5.56 Å². The van der Waals surface area contributed by atoms with Crippen LogP contribution in [0.2, 0.25) is 0 Å². The molecule has 0 fully saturated rings. The van der Waals surface area contributed by atoms with Crippen molar-refractivity contribution in [2.75, 3.05) is 0 Å². The molecule has 0 atom stereocenters. The third-order valence-electron chi connectivity index (χ3n) is 3.61. The van der Waals surface area contributed by atoms with Crippen LogP contribution in [0.25, 0.3) is 12.2 Å². The monoisotopic (exact) mass is 369 g/mol. The van der Waals surface area contributed by atoms with Crippen LogP contribution >= 0.6 is 11.3 Å². The predicted molar refractivity (Wildman–Crippen MR) is 92.7 cm³/mol. The summed E-state index contributed by atoms with van der Waals surface area (Å²) in [6.07, 6.45) is -1.93. The zero-order valence-electron chi connectivity index (χ0n) is 14.3. The number of hydrogen-bond acceptors (Lipinski definition) is 3. The Morgan fingerprint density at radius 3 is 2.32 bits per heavy atom. The van der Waals surface area contributed by atoms with Crippen molar-refractivity contribution in [2.24, 2.45) is 12.5 Å². The number of thiazole rings is 1. The van der Waals surface area contributed by atoms with Crippen LogP contribution in [0.4, 0.5) is 13.2 Å². The molecule has 0 aliphatic carbocycles. The fourth-order valence-electron chi connectivity index (χ4n) is 2.06. The van der Waals surface area contributed by atoms with Crippen LogP contribution in [-0.2, 0) is 18.0 Å². The lowest BCUT2D eigenvalue weighted by atomic mass is 9.91. The molecule has 1 heterocycles. The fraction of sp³-hybridized carbons (Fsp3) is 0.333. The molecular formula is C18H18F3NO2S. The van der Waals surface area contributed by atoms with Crippen LogP contribution in [0.3, 0.4) is 0 Å². The molecule has 2 aromatic rings. The van der Waals surface area contributed by atoms with Crippen LogP contribution < -0.4 is 14.8 Å². The molecule has 0 saturated heterocycles. The van der Waals surface area contributed by atoms with Crippen molar-refractivity contribution in [3.8, 4) is 0 Å². The summed E-state index contributed by atoms with van der Waals surface area (Å²) < 4.78 is 41.1. The largest absolute Gasteiger partial charge is 0.416 e. The number of alkyl halides is 3. The first-order valence-electron chi connectivity index (χ1n) is 7.51. The van der Waals surface area contributed by atoms with E-state index in [1.165, 1.54) is 42.0 Å². The molecule has 1 aromatic heterocycles. The van der Waals surface area contributed by atoms with E-state index in [0.717, 1.165) is 17.4 Å². The molecule has 134 valence electrons. The van der Waals surface area contributed by atoms with Crippen LogP contribution in [0.15, 0.2) is 29.1 Å². The Bertz CT molecular complexity index is 975. The molecule has 0 saturated carbocycles. The van der Waals surface area contributed by atoms with E-state index in [9.17, 15) is 22.8 Å². The van der Waals surface area contributed by atoms with E-state index in [-0.39, 0.29) is 15.9 Å². The molecule has 0 spiro atoms. The summed E-state index contributed by atoms with van der Waals surface area (Å²) in [6, 6.07) is 5.06. The number of aromatic nitrogens is 1. The molecule has 0 N–H and O–H groups in total. The predicted octanol–water partition coefficient (Wildman–Crippen LogP) is 2.69. The summed E-state index contributed by atoms with van der Waals surface area (Å²) in [5.41, 5.74) is -1.92. The van der Waals surface area contributed by atoms with Gasteiger partial charge in [-0.2, -0.15) is 13.2 Å². The van der Waals surface area contributed by atoms with Gasteiger partial charge in [-0.3, -0.25) is 9.59 Å². The van der Waals surface area contributed by atoms with Crippen molar-refractivity contribution >= 4 is 29.3 Å². The Morgan fingerprint density at radius 2 is 1.76 bits per heavy atom. The summed E-state index contributed by atoms with van der Waals surface area (Å²) in [5.74, 6) is -0.161. The average Bonchev–Trinajstić information content (AvgIpc) is 2.74. The van der Waals surface area contributed by atoms with E-state index in [4.69, 9.17) is 0 Å². The topological polar surface area (TPSA) is 39.1 Å². The number of carbonyl (C=O) groups is 1. The van der Waals surface area contributed by atoms with Gasteiger partial charge in [0, 0.05) is 18.5 Å². The molecular weight excluding hydrogens is 351 g/mol. The van der Waals surface area contributed by atoms with Gasteiger partial charge in [-0.1, -0.05) is 39.0 Å². The van der Waals surface area contributed by atoms with E-state index in [1.807, 2.05) is 0 Å². The van der Waals surface area contributed by atoms with Crippen molar-refractivity contribution in [3.05, 3.63) is 54.9 Å². The van der Waals surface area contributed by atoms with Gasteiger partial charge in [0.05, 0.1) is 10.1 Å².